The lowest BCUT2D eigenvalue weighted by molar-refractivity contribution is 0.0170. The Kier molecular flexibility index (Phi) is 11.9. The lowest BCUT2D eigenvalue weighted by Gasteiger charge is -2.35. The van der Waals surface area contributed by atoms with E-state index in [0.717, 1.165) is 63.3 Å². The van der Waals surface area contributed by atoms with Crippen molar-refractivity contribution in [2.24, 2.45) is 10.9 Å². The number of aliphatic imine (C=N–C) groups is 1. The van der Waals surface area contributed by atoms with Crippen LogP contribution in [0.15, 0.2) is 29.3 Å². The van der Waals surface area contributed by atoms with E-state index in [1.165, 1.54) is 18.6 Å². The second kappa shape index (κ2) is 13.3. The average Bonchev–Trinajstić information content (AvgIpc) is 2.65. The highest BCUT2D eigenvalue weighted by atomic mass is 127. The van der Waals surface area contributed by atoms with Crippen molar-refractivity contribution in [3.63, 3.8) is 0 Å². The monoisotopic (exact) mass is 492 g/mol. The number of hydrogen-bond donors (Lipinski definition) is 2. The minimum absolute atomic E-state index is 0. The predicted molar refractivity (Wildman–Crippen MR) is 120 cm³/mol. The largest absolute Gasteiger partial charge is 0.379 e. The van der Waals surface area contributed by atoms with Gasteiger partial charge in [-0.1, -0.05) is 26.0 Å². The van der Waals surface area contributed by atoms with E-state index in [-0.39, 0.29) is 35.8 Å². The fraction of sp³-hybridized carbons (Fsp3) is 0.650. The van der Waals surface area contributed by atoms with Gasteiger partial charge in [-0.25, -0.2) is 4.39 Å². The molecule has 5 nitrogen and oxygen atoms in total. The van der Waals surface area contributed by atoms with Crippen molar-refractivity contribution in [1.82, 2.24) is 15.5 Å². The lowest BCUT2D eigenvalue weighted by atomic mass is 10.0. The minimum Gasteiger partial charge on any atom is -0.379 e. The summed E-state index contributed by atoms with van der Waals surface area (Å²) in [5.41, 5.74) is 1.11. The Labute approximate surface area is 180 Å². The van der Waals surface area contributed by atoms with E-state index in [1.807, 2.05) is 12.1 Å². The summed E-state index contributed by atoms with van der Waals surface area (Å²) in [5, 5.41) is 6.81. The van der Waals surface area contributed by atoms with Crippen LogP contribution < -0.4 is 10.6 Å². The molecule has 154 valence electrons. The summed E-state index contributed by atoms with van der Waals surface area (Å²) in [6.45, 7) is 9.34. The Balaban J connectivity index is 0.00000364. The highest BCUT2D eigenvalue weighted by molar-refractivity contribution is 14.0. The maximum atomic E-state index is 13.3. The molecule has 0 saturated carbocycles. The molecule has 1 unspecified atom stereocenters. The van der Waals surface area contributed by atoms with E-state index in [9.17, 15) is 4.39 Å². The molecule has 0 bridgehead atoms. The number of benzene rings is 1. The summed E-state index contributed by atoms with van der Waals surface area (Å²) in [4.78, 5) is 6.71. The van der Waals surface area contributed by atoms with E-state index >= 15 is 0 Å². The summed E-state index contributed by atoms with van der Waals surface area (Å²) in [5.74, 6) is 1.33. The molecule has 0 aliphatic carbocycles. The first-order chi connectivity index (χ1) is 12.6. The third-order valence-electron chi connectivity index (χ3n) is 4.68. The highest BCUT2D eigenvalue weighted by Crippen LogP contribution is 2.21. The van der Waals surface area contributed by atoms with E-state index in [4.69, 9.17) is 4.74 Å². The first-order valence-electron chi connectivity index (χ1n) is 9.62. The molecule has 0 amide bonds. The van der Waals surface area contributed by atoms with Crippen LogP contribution in [0.5, 0.6) is 0 Å². The van der Waals surface area contributed by atoms with Gasteiger partial charge in [-0.2, -0.15) is 0 Å². The van der Waals surface area contributed by atoms with Gasteiger partial charge in [-0.15, -0.1) is 24.0 Å². The number of ether oxygens (including phenoxy) is 1. The number of nitrogens with one attached hydrogen (secondary N) is 2. The van der Waals surface area contributed by atoms with Crippen LogP contribution in [-0.4, -0.2) is 57.3 Å². The topological polar surface area (TPSA) is 48.9 Å². The molecule has 1 atom stereocenters. The maximum Gasteiger partial charge on any atom is 0.191 e. The number of halogens is 2. The van der Waals surface area contributed by atoms with Crippen LogP contribution in [0.1, 0.15) is 38.3 Å². The molecule has 1 aromatic rings. The summed E-state index contributed by atoms with van der Waals surface area (Å²) in [6.07, 6.45) is 2.33. The van der Waals surface area contributed by atoms with E-state index in [1.54, 1.807) is 7.05 Å². The molecule has 1 aliphatic heterocycles. The van der Waals surface area contributed by atoms with Gasteiger partial charge < -0.3 is 15.4 Å². The molecule has 1 fully saturated rings. The zero-order valence-electron chi connectivity index (χ0n) is 16.7. The van der Waals surface area contributed by atoms with Gasteiger partial charge in [0.15, 0.2) is 5.96 Å². The molecule has 2 N–H and O–H groups in total. The molecule has 7 heteroatoms. The van der Waals surface area contributed by atoms with Gasteiger partial charge >= 0.3 is 0 Å². The molecule has 0 radical (unpaired) electrons. The zero-order chi connectivity index (χ0) is 18.8. The number of hydrogen-bond acceptors (Lipinski definition) is 3. The van der Waals surface area contributed by atoms with Crippen LogP contribution in [0.3, 0.4) is 0 Å². The van der Waals surface area contributed by atoms with Crippen molar-refractivity contribution >= 4 is 29.9 Å². The van der Waals surface area contributed by atoms with Gasteiger partial charge in [-0.05, 0) is 36.5 Å². The standard InChI is InChI=1S/C20H33FN4O.HI/c1-16(2)5-4-10-23-20(22-3)24-15-19(25-11-13-26-14-12-25)17-6-8-18(21)9-7-17;/h6-9,16,19H,4-5,10-15H2,1-3H3,(H2,22,23,24);1H. The van der Waals surface area contributed by atoms with Crippen molar-refractivity contribution in [3.05, 3.63) is 35.6 Å². The van der Waals surface area contributed by atoms with E-state index in [0.29, 0.717) is 0 Å². The summed E-state index contributed by atoms with van der Waals surface area (Å²) >= 11 is 0. The minimum atomic E-state index is -0.204. The maximum absolute atomic E-state index is 13.3. The van der Waals surface area contributed by atoms with Crippen LogP contribution in [0, 0.1) is 11.7 Å². The average molecular weight is 492 g/mol. The molecule has 27 heavy (non-hydrogen) atoms. The van der Waals surface area contributed by atoms with Crippen LogP contribution in [-0.2, 0) is 4.74 Å². The molecule has 1 saturated heterocycles. The van der Waals surface area contributed by atoms with Gasteiger partial charge in [0.1, 0.15) is 5.82 Å². The Morgan fingerprint density at radius 1 is 1.19 bits per heavy atom. The third kappa shape index (κ3) is 8.74. The lowest BCUT2D eigenvalue weighted by Crippen LogP contribution is -2.46. The normalized spacial score (nSPS) is 16.7. The van der Waals surface area contributed by atoms with Crippen LogP contribution >= 0.6 is 24.0 Å². The van der Waals surface area contributed by atoms with Crippen LogP contribution in [0.2, 0.25) is 0 Å². The molecule has 1 aromatic carbocycles. The van der Waals surface area contributed by atoms with Crippen LogP contribution in [0.25, 0.3) is 0 Å². The number of morpholine rings is 1. The van der Waals surface area contributed by atoms with Gasteiger partial charge in [-0.3, -0.25) is 9.89 Å². The quantitative estimate of drug-likeness (QED) is 0.253. The number of rotatable bonds is 8. The molecular weight excluding hydrogens is 458 g/mol. The molecule has 2 rings (SSSR count). The fourth-order valence-corrected chi connectivity index (χ4v) is 3.16. The Bertz CT molecular complexity index is 547. The SMILES string of the molecule is CN=C(NCCCC(C)C)NCC(c1ccc(F)cc1)N1CCOCC1.I. The summed E-state index contributed by atoms with van der Waals surface area (Å²) in [7, 11) is 1.79. The fourth-order valence-electron chi connectivity index (χ4n) is 3.16. The number of nitrogens with zero attached hydrogens (tertiary/aromatic N) is 2. The Morgan fingerprint density at radius 3 is 2.44 bits per heavy atom. The van der Waals surface area contributed by atoms with Crippen molar-refractivity contribution in [3.8, 4) is 0 Å². The highest BCUT2D eigenvalue weighted by Gasteiger charge is 2.23. The molecule has 1 aliphatic rings. The van der Waals surface area contributed by atoms with E-state index in [2.05, 4.69) is 34.4 Å². The molecular formula is C20H34FIN4O. The van der Waals surface area contributed by atoms with Gasteiger partial charge in [0.05, 0.1) is 19.3 Å². The van der Waals surface area contributed by atoms with Crippen molar-refractivity contribution in [2.45, 2.75) is 32.7 Å². The second-order valence-electron chi connectivity index (χ2n) is 7.13. The second-order valence-corrected chi connectivity index (χ2v) is 7.13. The first kappa shape index (κ1) is 24.1. The van der Waals surface area contributed by atoms with Crippen molar-refractivity contribution in [2.75, 3.05) is 46.4 Å². The molecule has 0 spiro atoms. The van der Waals surface area contributed by atoms with Crippen molar-refractivity contribution in [1.29, 1.82) is 0 Å². The molecule has 0 aromatic heterocycles. The molecule has 1 heterocycles. The zero-order valence-corrected chi connectivity index (χ0v) is 19.0. The Morgan fingerprint density at radius 2 is 1.85 bits per heavy atom. The number of guanidine groups is 1. The van der Waals surface area contributed by atoms with Gasteiger partial charge in [0.25, 0.3) is 0 Å². The predicted octanol–water partition coefficient (Wildman–Crippen LogP) is 3.42. The smallest absolute Gasteiger partial charge is 0.191 e. The van der Waals surface area contributed by atoms with Gasteiger partial charge in [0, 0.05) is 33.2 Å². The Hall–Kier alpha value is -0.930. The van der Waals surface area contributed by atoms with E-state index < -0.39 is 0 Å². The van der Waals surface area contributed by atoms with Gasteiger partial charge in [0.2, 0.25) is 0 Å². The van der Waals surface area contributed by atoms with Crippen molar-refractivity contribution < 1.29 is 9.13 Å². The third-order valence-corrected chi connectivity index (χ3v) is 4.68. The summed E-state index contributed by atoms with van der Waals surface area (Å²) in [6, 6.07) is 6.96. The van der Waals surface area contributed by atoms with Crippen LogP contribution in [0.4, 0.5) is 4.39 Å². The summed E-state index contributed by atoms with van der Waals surface area (Å²) < 4.78 is 18.8. The first-order valence-corrected chi connectivity index (χ1v) is 9.62.